The molecule has 0 spiro atoms. The zero-order valence-corrected chi connectivity index (χ0v) is 6.25. The number of rotatable bonds is 0. The Kier molecular flexibility index (Phi) is 1.64. The van der Waals surface area contributed by atoms with Gasteiger partial charge < -0.3 is 9.47 Å². The van der Waals surface area contributed by atoms with Gasteiger partial charge in [0.25, 0.3) is 0 Å². The maximum absolute atomic E-state index is 5.34. The number of nitrogens with zero attached hydrogens (tertiary/aromatic N) is 1. The van der Waals surface area contributed by atoms with Gasteiger partial charge in [0.05, 0.1) is 13.2 Å². The zero-order chi connectivity index (χ0) is 6.97. The summed E-state index contributed by atoms with van der Waals surface area (Å²) >= 11 is 0. The maximum Gasteiger partial charge on any atom is 0.101 e. The molecule has 2 rings (SSSR count). The van der Waals surface area contributed by atoms with Gasteiger partial charge in [-0.1, -0.05) is 6.92 Å². The minimum atomic E-state index is 0.619. The number of ether oxygens (including phenoxy) is 2. The Hall–Kier alpha value is -0.120. The summed E-state index contributed by atoms with van der Waals surface area (Å²) in [5, 5.41) is 0. The monoisotopic (exact) mass is 143 g/mol. The molecule has 2 unspecified atom stereocenters. The van der Waals surface area contributed by atoms with Crippen molar-refractivity contribution in [3.8, 4) is 0 Å². The minimum absolute atomic E-state index is 0.619. The van der Waals surface area contributed by atoms with Crippen LogP contribution in [0.15, 0.2) is 0 Å². The van der Waals surface area contributed by atoms with Gasteiger partial charge >= 0.3 is 0 Å². The third-order valence-electron chi connectivity index (χ3n) is 2.31. The molecule has 0 saturated carbocycles. The van der Waals surface area contributed by atoms with Crippen LogP contribution in [0.25, 0.3) is 0 Å². The molecule has 0 radical (unpaired) electrons. The Bertz CT molecular complexity index is 129. The number of hydrogen-bond acceptors (Lipinski definition) is 3. The first-order valence-electron chi connectivity index (χ1n) is 3.77. The number of hydrogen-bond donors (Lipinski definition) is 0. The predicted octanol–water partition coefficient (Wildman–Crippen LogP) is 0.268. The lowest BCUT2D eigenvalue weighted by atomic mass is 10.0. The van der Waals surface area contributed by atoms with Gasteiger partial charge in [-0.2, -0.15) is 0 Å². The molecule has 0 amide bonds. The lowest BCUT2D eigenvalue weighted by Gasteiger charge is -2.32. The van der Waals surface area contributed by atoms with Crippen LogP contribution in [-0.2, 0) is 9.47 Å². The fraction of sp³-hybridized carbons (Fsp3) is 1.00. The van der Waals surface area contributed by atoms with E-state index in [1.807, 2.05) is 0 Å². The molecule has 0 bridgehead atoms. The molecule has 2 saturated heterocycles. The predicted molar refractivity (Wildman–Crippen MR) is 36.4 cm³/mol. The Morgan fingerprint density at radius 1 is 1.20 bits per heavy atom. The molecule has 3 nitrogen and oxygen atoms in total. The van der Waals surface area contributed by atoms with Crippen molar-refractivity contribution in [1.82, 2.24) is 4.90 Å². The van der Waals surface area contributed by atoms with Crippen LogP contribution in [0.5, 0.6) is 0 Å². The van der Waals surface area contributed by atoms with Crippen LogP contribution in [0.2, 0.25) is 0 Å². The fourth-order valence-corrected chi connectivity index (χ4v) is 1.62. The maximum atomic E-state index is 5.34. The second kappa shape index (κ2) is 2.49. The van der Waals surface area contributed by atoms with Crippen LogP contribution in [0.4, 0.5) is 0 Å². The first-order valence-corrected chi connectivity index (χ1v) is 3.77. The molecular weight excluding hydrogens is 130 g/mol. The van der Waals surface area contributed by atoms with E-state index in [0.717, 1.165) is 26.7 Å². The lowest BCUT2D eigenvalue weighted by molar-refractivity contribution is -0.0627. The first-order chi connectivity index (χ1) is 4.88. The van der Waals surface area contributed by atoms with Crippen molar-refractivity contribution in [3.63, 3.8) is 0 Å². The van der Waals surface area contributed by atoms with E-state index >= 15 is 0 Å². The summed E-state index contributed by atoms with van der Waals surface area (Å²) in [6.07, 6.45) is 0. The highest BCUT2D eigenvalue weighted by Crippen LogP contribution is 2.21. The Balaban J connectivity index is 2.03. The van der Waals surface area contributed by atoms with Crippen molar-refractivity contribution in [1.29, 1.82) is 0 Å². The van der Waals surface area contributed by atoms with Crippen LogP contribution < -0.4 is 0 Å². The van der Waals surface area contributed by atoms with E-state index in [1.54, 1.807) is 0 Å². The van der Waals surface area contributed by atoms with Crippen LogP contribution in [0.1, 0.15) is 6.92 Å². The molecule has 0 N–H and O–H groups in total. The molecule has 0 aromatic rings. The highest BCUT2D eigenvalue weighted by Gasteiger charge is 2.33. The van der Waals surface area contributed by atoms with E-state index in [-0.39, 0.29) is 0 Å². The van der Waals surface area contributed by atoms with Gasteiger partial charge in [-0.25, -0.2) is 0 Å². The van der Waals surface area contributed by atoms with Gasteiger partial charge in [0.2, 0.25) is 0 Å². The lowest BCUT2D eigenvalue weighted by Crippen LogP contribution is -2.44. The normalized spacial score (nSPS) is 41.7. The van der Waals surface area contributed by atoms with Gasteiger partial charge in [0.1, 0.15) is 13.5 Å². The Labute approximate surface area is 60.9 Å². The highest BCUT2D eigenvalue weighted by molar-refractivity contribution is 4.80. The third-order valence-corrected chi connectivity index (χ3v) is 2.31. The Morgan fingerprint density at radius 2 is 1.90 bits per heavy atom. The van der Waals surface area contributed by atoms with Crippen LogP contribution in [0.3, 0.4) is 0 Å². The van der Waals surface area contributed by atoms with Crippen molar-refractivity contribution >= 4 is 0 Å². The van der Waals surface area contributed by atoms with Crippen molar-refractivity contribution < 1.29 is 9.47 Å². The van der Waals surface area contributed by atoms with Crippen molar-refractivity contribution in [3.05, 3.63) is 0 Å². The fourth-order valence-electron chi connectivity index (χ4n) is 1.62. The summed E-state index contributed by atoms with van der Waals surface area (Å²) in [6, 6.07) is 0.619. The quantitative estimate of drug-likeness (QED) is 0.486. The van der Waals surface area contributed by atoms with Crippen LogP contribution in [0, 0.1) is 5.92 Å². The summed E-state index contributed by atoms with van der Waals surface area (Å²) < 4.78 is 10.6. The van der Waals surface area contributed by atoms with Crippen molar-refractivity contribution in [2.24, 2.45) is 5.92 Å². The molecular formula is C7H13NO2. The summed E-state index contributed by atoms with van der Waals surface area (Å²) in [7, 11) is 0. The molecule has 2 aliphatic heterocycles. The average molecular weight is 143 g/mol. The van der Waals surface area contributed by atoms with Crippen LogP contribution in [-0.4, -0.2) is 37.6 Å². The van der Waals surface area contributed by atoms with E-state index in [4.69, 9.17) is 9.47 Å². The van der Waals surface area contributed by atoms with E-state index in [9.17, 15) is 0 Å². The van der Waals surface area contributed by atoms with Crippen molar-refractivity contribution in [2.45, 2.75) is 13.0 Å². The first kappa shape index (κ1) is 6.58. The molecule has 2 aliphatic rings. The second-order valence-corrected chi connectivity index (χ2v) is 3.13. The number of fused-ring (bicyclic) bond motifs is 1. The van der Waals surface area contributed by atoms with E-state index in [2.05, 4.69) is 11.8 Å². The van der Waals surface area contributed by atoms with E-state index in [0.29, 0.717) is 12.0 Å². The SMILES string of the molecule is CC1COCN2COCC12. The van der Waals surface area contributed by atoms with Crippen molar-refractivity contribution in [2.75, 3.05) is 26.7 Å². The molecule has 2 atom stereocenters. The molecule has 2 heterocycles. The molecule has 0 aromatic carbocycles. The van der Waals surface area contributed by atoms with E-state index in [1.165, 1.54) is 0 Å². The summed E-state index contributed by atoms with van der Waals surface area (Å²) in [6.45, 7) is 5.52. The smallest absolute Gasteiger partial charge is 0.101 e. The van der Waals surface area contributed by atoms with Crippen LogP contribution >= 0.6 is 0 Å². The molecule has 3 heteroatoms. The molecule has 10 heavy (non-hydrogen) atoms. The van der Waals surface area contributed by atoms with Gasteiger partial charge in [-0.05, 0) is 5.92 Å². The van der Waals surface area contributed by atoms with Gasteiger partial charge in [-0.15, -0.1) is 0 Å². The summed E-state index contributed by atoms with van der Waals surface area (Å²) in [4.78, 5) is 2.24. The topological polar surface area (TPSA) is 21.7 Å². The average Bonchev–Trinajstić information content (AvgIpc) is 2.36. The summed E-state index contributed by atoms with van der Waals surface area (Å²) in [5.74, 6) is 0.635. The van der Waals surface area contributed by atoms with Gasteiger partial charge in [-0.3, -0.25) is 4.90 Å². The highest BCUT2D eigenvalue weighted by atomic mass is 16.5. The molecule has 0 aliphatic carbocycles. The minimum Gasteiger partial charge on any atom is -0.366 e. The molecule has 2 fully saturated rings. The molecule has 0 aromatic heterocycles. The Morgan fingerprint density at radius 3 is 2.60 bits per heavy atom. The van der Waals surface area contributed by atoms with E-state index < -0.39 is 0 Å². The summed E-state index contributed by atoms with van der Waals surface area (Å²) in [5.41, 5.74) is 0. The molecule has 58 valence electrons. The second-order valence-electron chi connectivity index (χ2n) is 3.13. The largest absolute Gasteiger partial charge is 0.366 e. The van der Waals surface area contributed by atoms with Gasteiger partial charge in [0.15, 0.2) is 0 Å². The van der Waals surface area contributed by atoms with Gasteiger partial charge in [0, 0.05) is 6.04 Å². The zero-order valence-electron chi connectivity index (χ0n) is 6.25. The third kappa shape index (κ3) is 0.944. The standard InChI is InChI=1S/C7H13NO2/c1-6-2-9-4-8-5-10-3-7(6)8/h6-7H,2-5H2,1H3.